The minimum atomic E-state index is -4.50. The molecule has 190 valence electrons. The summed E-state index contributed by atoms with van der Waals surface area (Å²) in [7, 11) is 0. The summed E-state index contributed by atoms with van der Waals surface area (Å²) < 4.78 is 44.7. The van der Waals surface area contributed by atoms with E-state index in [1.165, 1.54) is 24.3 Å². The van der Waals surface area contributed by atoms with Crippen molar-refractivity contribution in [3.05, 3.63) is 89.5 Å². The minimum Gasteiger partial charge on any atom is -0.480 e. The Morgan fingerprint density at radius 2 is 1.56 bits per heavy atom. The molecular formula is C28H29F3N2O3. The van der Waals surface area contributed by atoms with Crippen molar-refractivity contribution in [1.29, 1.82) is 0 Å². The molecule has 8 heteroatoms. The van der Waals surface area contributed by atoms with Gasteiger partial charge >= 0.3 is 6.18 Å². The Hall–Kier alpha value is -3.81. The van der Waals surface area contributed by atoms with Crippen molar-refractivity contribution < 1.29 is 27.5 Å². The summed E-state index contributed by atoms with van der Waals surface area (Å²) in [6, 6.07) is 18.2. The second-order valence-corrected chi connectivity index (χ2v) is 8.46. The van der Waals surface area contributed by atoms with Crippen LogP contribution < -0.4 is 15.4 Å². The van der Waals surface area contributed by atoms with E-state index in [-0.39, 0.29) is 23.1 Å². The van der Waals surface area contributed by atoms with Gasteiger partial charge in [-0.3, -0.25) is 9.59 Å². The van der Waals surface area contributed by atoms with Gasteiger partial charge in [0, 0.05) is 16.9 Å². The van der Waals surface area contributed by atoms with E-state index in [2.05, 4.69) is 24.5 Å². The molecule has 3 aromatic rings. The second kappa shape index (κ2) is 11.7. The van der Waals surface area contributed by atoms with Crippen molar-refractivity contribution in [1.82, 2.24) is 0 Å². The van der Waals surface area contributed by atoms with E-state index in [9.17, 15) is 22.8 Å². The van der Waals surface area contributed by atoms with Crippen molar-refractivity contribution in [2.75, 3.05) is 10.6 Å². The van der Waals surface area contributed by atoms with Gasteiger partial charge in [-0.05, 0) is 72.9 Å². The van der Waals surface area contributed by atoms with Gasteiger partial charge in [-0.25, -0.2) is 0 Å². The Bertz CT molecular complexity index is 1190. The van der Waals surface area contributed by atoms with Crippen LogP contribution in [-0.2, 0) is 11.0 Å². The zero-order valence-corrected chi connectivity index (χ0v) is 20.4. The van der Waals surface area contributed by atoms with Crippen LogP contribution in [0.2, 0.25) is 0 Å². The largest absolute Gasteiger partial charge is 0.480 e. The quantitative estimate of drug-likeness (QED) is 0.326. The molecule has 0 aliphatic carbocycles. The van der Waals surface area contributed by atoms with Gasteiger partial charge in [0.25, 0.3) is 11.8 Å². The molecular weight excluding hydrogens is 469 g/mol. The number of hydrogen-bond donors (Lipinski definition) is 2. The van der Waals surface area contributed by atoms with E-state index in [4.69, 9.17) is 4.74 Å². The maximum atomic E-state index is 12.9. The van der Waals surface area contributed by atoms with Crippen LogP contribution in [0.1, 0.15) is 61.0 Å². The van der Waals surface area contributed by atoms with Crippen LogP contribution in [0.3, 0.4) is 0 Å². The Balaban J connectivity index is 1.64. The first-order valence-electron chi connectivity index (χ1n) is 11.8. The van der Waals surface area contributed by atoms with E-state index < -0.39 is 23.8 Å². The average Bonchev–Trinajstić information content (AvgIpc) is 2.87. The normalized spacial score (nSPS) is 12.9. The zero-order valence-electron chi connectivity index (χ0n) is 20.4. The van der Waals surface area contributed by atoms with E-state index in [1.807, 2.05) is 31.2 Å². The van der Waals surface area contributed by atoms with Gasteiger partial charge in [-0.2, -0.15) is 13.2 Å². The molecule has 0 bridgehead atoms. The predicted octanol–water partition coefficient (Wildman–Crippen LogP) is 7.27. The predicted molar refractivity (Wildman–Crippen MR) is 134 cm³/mol. The molecule has 2 atom stereocenters. The van der Waals surface area contributed by atoms with E-state index >= 15 is 0 Å². The number of amides is 2. The maximum absolute atomic E-state index is 12.9. The molecule has 0 aromatic heterocycles. The Kier molecular flexibility index (Phi) is 8.74. The summed E-state index contributed by atoms with van der Waals surface area (Å²) in [5.74, 6) is 0.0769. The lowest BCUT2D eigenvalue weighted by atomic mass is 9.98. The smallest absolute Gasteiger partial charge is 0.416 e. The number of carbonyl (C=O) groups is 2. The topological polar surface area (TPSA) is 67.4 Å². The first kappa shape index (κ1) is 26.8. The van der Waals surface area contributed by atoms with E-state index in [1.54, 1.807) is 12.1 Å². The molecule has 2 N–H and O–H groups in total. The van der Waals surface area contributed by atoms with Crippen molar-refractivity contribution in [3.63, 3.8) is 0 Å². The number of ether oxygens (including phenoxy) is 1. The molecule has 36 heavy (non-hydrogen) atoms. The number of nitrogens with one attached hydrogen (secondary N) is 2. The summed E-state index contributed by atoms with van der Waals surface area (Å²) in [5.41, 5.74) is 0.928. The molecule has 0 radical (unpaired) electrons. The number of rotatable bonds is 9. The van der Waals surface area contributed by atoms with Crippen molar-refractivity contribution in [2.45, 2.75) is 51.8 Å². The summed E-state index contributed by atoms with van der Waals surface area (Å²) in [5, 5.41) is 5.25. The van der Waals surface area contributed by atoms with Gasteiger partial charge in [-0.15, -0.1) is 0 Å². The van der Waals surface area contributed by atoms with Crippen LogP contribution in [0.15, 0.2) is 72.8 Å². The highest BCUT2D eigenvalue weighted by molar-refractivity contribution is 6.04. The summed E-state index contributed by atoms with van der Waals surface area (Å²) in [6.07, 6.45) is -3.81. The van der Waals surface area contributed by atoms with E-state index in [0.29, 0.717) is 17.9 Å². The van der Waals surface area contributed by atoms with Crippen LogP contribution in [0.25, 0.3) is 0 Å². The van der Waals surface area contributed by atoms with Crippen LogP contribution in [0.5, 0.6) is 5.75 Å². The molecule has 3 rings (SSSR count). The molecule has 0 spiro atoms. The Labute approximate surface area is 208 Å². The van der Waals surface area contributed by atoms with Gasteiger partial charge in [0.15, 0.2) is 6.10 Å². The standard InChI is InChI=1S/C28H29F3N2O3/c1-4-18(3)23-11-6-7-12-25(23)36-24(5-2)27(35)32-21-15-13-19(14-16-21)26(34)33-22-10-8-9-20(17-22)28(29,30)31/h6-18,24H,4-5H2,1-3H3,(H,32,35)(H,33,34). The average molecular weight is 499 g/mol. The molecule has 2 unspecified atom stereocenters. The number of benzene rings is 3. The van der Waals surface area contributed by atoms with Gasteiger partial charge in [-0.1, -0.05) is 45.0 Å². The molecule has 0 heterocycles. The van der Waals surface area contributed by atoms with Crippen LogP contribution in [0.4, 0.5) is 24.5 Å². The van der Waals surface area contributed by atoms with Crippen LogP contribution in [0, 0.1) is 0 Å². The molecule has 0 saturated heterocycles. The van der Waals surface area contributed by atoms with Crippen molar-refractivity contribution >= 4 is 23.2 Å². The summed E-state index contributed by atoms with van der Waals surface area (Å²) in [4.78, 5) is 25.3. The van der Waals surface area contributed by atoms with Gasteiger partial charge < -0.3 is 15.4 Å². The van der Waals surface area contributed by atoms with Gasteiger partial charge in [0.2, 0.25) is 0 Å². The lowest BCUT2D eigenvalue weighted by molar-refractivity contribution is -0.137. The molecule has 0 aliphatic rings. The fourth-order valence-corrected chi connectivity index (χ4v) is 3.59. The van der Waals surface area contributed by atoms with Crippen molar-refractivity contribution in [3.8, 4) is 5.75 Å². The molecule has 2 amide bonds. The molecule has 5 nitrogen and oxygen atoms in total. The third-order valence-corrected chi connectivity index (χ3v) is 5.86. The fourth-order valence-electron chi connectivity index (χ4n) is 3.59. The van der Waals surface area contributed by atoms with Gasteiger partial charge in [0.05, 0.1) is 5.56 Å². The SMILES string of the molecule is CCC(Oc1ccccc1C(C)CC)C(=O)Nc1ccc(C(=O)Nc2cccc(C(F)(F)F)c2)cc1. The van der Waals surface area contributed by atoms with Gasteiger partial charge in [0.1, 0.15) is 5.75 Å². The number of anilines is 2. The van der Waals surface area contributed by atoms with Crippen molar-refractivity contribution in [2.24, 2.45) is 0 Å². The van der Waals surface area contributed by atoms with Crippen LogP contribution in [-0.4, -0.2) is 17.9 Å². The first-order valence-corrected chi connectivity index (χ1v) is 11.8. The number of hydrogen-bond acceptors (Lipinski definition) is 3. The molecule has 0 aliphatic heterocycles. The highest BCUT2D eigenvalue weighted by atomic mass is 19.4. The highest BCUT2D eigenvalue weighted by Gasteiger charge is 2.30. The third-order valence-electron chi connectivity index (χ3n) is 5.86. The van der Waals surface area contributed by atoms with Crippen LogP contribution >= 0.6 is 0 Å². The Morgan fingerprint density at radius 1 is 0.861 bits per heavy atom. The minimum absolute atomic E-state index is 0.0350. The number of halogens is 3. The Morgan fingerprint density at radius 3 is 2.19 bits per heavy atom. The summed E-state index contributed by atoms with van der Waals surface area (Å²) >= 11 is 0. The fraction of sp³-hybridized carbons (Fsp3) is 0.286. The monoisotopic (exact) mass is 498 g/mol. The highest BCUT2D eigenvalue weighted by Crippen LogP contribution is 2.31. The lowest BCUT2D eigenvalue weighted by Gasteiger charge is -2.21. The lowest BCUT2D eigenvalue weighted by Crippen LogP contribution is -2.32. The first-order chi connectivity index (χ1) is 17.1. The van der Waals surface area contributed by atoms with E-state index in [0.717, 1.165) is 24.1 Å². The molecule has 0 fully saturated rings. The third kappa shape index (κ3) is 6.87. The number of alkyl halides is 3. The summed E-state index contributed by atoms with van der Waals surface area (Å²) in [6.45, 7) is 6.06. The zero-order chi connectivity index (χ0) is 26.3. The second-order valence-electron chi connectivity index (χ2n) is 8.46. The molecule has 0 saturated carbocycles. The molecule has 3 aromatic carbocycles. The number of para-hydroxylation sites is 1. The maximum Gasteiger partial charge on any atom is 0.416 e. The number of carbonyl (C=O) groups excluding carboxylic acids is 2.